The number of anilines is 1. The van der Waals surface area contributed by atoms with E-state index in [2.05, 4.69) is 22.0 Å². The van der Waals surface area contributed by atoms with Crippen LogP contribution in [0.2, 0.25) is 0 Å². The van der Waals surface area contributed by atoms with Gasteiger partial charge in [-0.2, -0.15) is 5.10 Å². The smallest absolute Gasteiger partial charge is 0.248 e. The van der Waals surface area contributed by atoms with Crippen LogP contribution in [-0.2, 0) is 14.3 Å². The van der Waals surface area contributed by atoms with Crippen molar-refractivity contribution < 1.29 is 19.0 Å². The Morgan fingerprint density at radius 2 is 2.15 bits per heavy atom. The number of benzene rings is 1. The van der Waals surface area contributed by atoms with Crippen LogP contribution in [0.4, 0.5) is 5.69 Å². The molecule has 1 aromatic carbocycles. The molecule has 2 aliphatic rings. The maximum atomic E-state index is 11.8. The van der Waals surface area contributed by atoms with E-state index in [-0.39, 0.29) is 22.7 Å². The van der Waals surface area contributed by atoms with Gasteiger partial charge in [-0.15, -0.1) is 0 Å². The Balaban J connectivity index is 1.67. The predicted molar refractivity (Wildman–Crippen MR) is 125 cm³/mol. The molecule has 2 fully saturated rings. The van der Waals surface area contributed by atoms with E-state index < -0.39 is 11.7 Å². The van der Waals surface area contributed by atoms with Crippen LogP contribution < -0.4 is 15.8 Å². The van der Waals surface area contributed by atoms with Crippen molar-refractivity contribution in [3.63, 3.8) is 0 Å². The van der Waals surface area contributed by atoms with Gasteiger partial charge in [0, 0.05) is 18.2 Å². The number of para-hydroxylation sites is 1. The fourth-order valence-corrected chi connectivity index (χ4v) is 4.02. The first-order chi connectivity index (χ1) is 15.9. The molecule has 2 aromatic rings. The molecule has 1 amide bonds. The number of hydrogen-bond donors (Lipinski definition) is 2. The summed E-state index contributed by atoms with van der Waals surface area (Å²) in [5.41, 5.74) is 7.60. The summed E-state index contributed by atoms with van der Waals surface area (Å²) in [6.07, 6.45) is 3.69. The lowest BCUT2D eigenvalue weighted by molar-refractivity contribution is -0.242. The van der Waals surface area contributed by atoms with Crippen molar-refractivity contribution in [3.8, 4) is 17.0 Å². The molecule has 0 bridgehead atoms. The van der Waals surface area contributed by atoms with E-state index in [1.54, 1.807) is 13.2 Å². The molecule has 1 aromatic heterocycles. The average Bonchev–Trinajstić information content (AvgIpc) is 3.48. The fraction of sp³-hybridized carbons (Fsp3) is 0.364. The number of carbonyl (C=O) groups excluding carboxylic acids is 1. The summed E-state index contributed by atoms with van der Waals surface area (Å²) in [5, 5.41) is 7.69. The van der Waals surface area contributed by atoms with Gasteiger partial charge in [0.25, 0.3) is 0 Å². The summed E-state index contributed by atoms with van der Waals surface area (Å²) in [5.74, 6) is -0.589. The third-order valence-corrected chi connectivity index (χ3v) is 5.99. The summed E-state index contributed by atoms with van der Waals surface area (Å²) in [4.78, 5) is 19.4. The Bertz CT molecular complexity index is 1140. The van der Waals surface area contributed by atoms with Gasteiger partial charge in [0.2, 0.25) is 11.2 Å². The van der Waals surface area contributed by atoms with Crippen molar-refractivity contribution in [1.82, 2.24) is 9.78 Å². The number of aromatic nitrogens is 2. The monoisotopic (exact) mass is 472 g/mol. The Labute approximate surface area is 196 Å². The van der Waals surface area contributed by atoms with E-state index in [4.69, 9.17) is 36.6 Å². The largest absolute Gasteiger partial charge is 0.494 e. The van der Waals surface area contributed by atoms with Crippen LogP contribution in [0.15, 0.2) is 51.8 Å². The van der Waals surface area contributed by atoms with Crippen LogP contribution >= 0.6 is 11.6 Å². The summed E-state index contributed by atoms with van der Waals surface area (Å²) in [7, 11) is 1.55. The molecule has 2 heterocycles. The highest BCUT2D eigenvalue weighted by atomic mass is 35.5. The Morgan fingerprint density at radius 1 is 1.39 bits per heavy atom. The highest BCUT2D eigenvalue weighted by Gasteiger charge is 2.53. The molecule has 11 heteroatoms. The highest BCUT2D eigenvalue weighted by molar-refractivity contribution is 6.65. The van der Waals surface area contributed by atoms with E-state index in [9.17, 15) is 4.79 Å². The molecule has 1 saturated heterocycles. The summed E-state index contributed by atoms with van der Waals surface area (Å²) in [6.45, 7) is 6.06. The summed E-state index contributed by atoms with van der Waals surface area (Å²) >= 11 is 5.91. The number of methoxy groups -OCH3 is 1. The van der Waals surface area contributed by atoms with Gasteiger partial charge in [0.05, 0.1) is 37.3 Å². The summed E-state index contributed by atoms with van der Waals surface area (Å²) < 4.78 is 19.3. The number of aliphatic imine (C=N–C) groups is 2. The molecule has 4 rings (SSSR count). The van der Waals surface area contributed by atoms with Crippen LogP contribution in [0.1, 0.15) is 25.8 Å². The number of nitrogens with one attached hydrogen (secondary N) is 1. The van der Waals surface area contributed by atoms with Gasteiger partial charge in [-0.25, -0.2) is 9.98 Å². The van der Waals surface area contributed by atoms with Crippen LogP contribution in [0.3, 0.4) is 0 Å². The van der Waals surface area contributed by atoms with Gasteiger partial charge in [0.1, 0.15) is 11.9 Å². The normalized spacial score (nSPS) is 20.2. The van der Waals surface area contributed by atoms with Gasteiger partial charge >= 0.3 is 0 Å². The molecule has 0 radical (unpaired) electrons. The lowest BCUT2D eigenvalue weighted by atomic mass is 9.85. The maximum absolute atomic E-state index is 11.8. The standard InChI is InChI=1S/C22H25ClN6O4/c1-13(19(24)30)20(27-21(23)25-2)26-16-6-4-5-14(18(16)31-3)15-8-10-29(28-15)17-7-9-22(17)32-11-12-33-22/h4-6,8,10,17,26H,2,7,9,11-12H2,1,3H3,(H2,24,30)/b20-13+,27-21-. The van der Waals surface area contributed by atoms with Crippen molar-refractivity contribution in [1.29, 1.82) is 0 Å². The second-order valence-corrected chi connectivity index (χ2v) is 7.97. The van der Waals surface area contributed by atoms with Crippen molar-refractivity contribution in [2.75, 3.05) is 25.6 Å². The topological polar surface area (TPSA) is 125 Å². The number of amidine groups is 1. The molecular formula is C22H25ClN6O4. The van der Waals surface area contributed by atoms with Gasteiger partial charge in [-0.05, 0) is 49.9 Å². The van der Waals surface area contributed by atoms with E-state index in [0.717, 1.165) is 18.4 Å². The molecular weight excluding hydrogens is 448 g/mol. The highest BCUT2D eigenvalue weighted by Crippen LogP contribution is 2.48. The Morgan fingerprint density at radius 3 is 2.76 bits per heavy atom. The molecule has 1 saturated carbocycles. The number of hydrogen-bond acceptors (Lipinski definition) is 7. The molecule has 1 spiro atoms. The minimum absolute atomic E-state index is 0.0247. The first kappa shape index (κ1) is 23.0. The molecule has 33 heavy (non-hydrogen) atoms. The molecule has 1 aliphatic carbocycles. The van der Waals surface area contributed by atoms with E-state index >= 15 is 0 Å². The van der Waals surface area contributed by atoms with E-state index in [1.165, 1.54) is 6.92 Å². The van der Waals surface area contributed by atoms with Crippen molar-refractivity contribution in [2.45, 2.75) is 31.6 Å². The van der Waals surface area contributed by atoms with Crippen molar-refractivity contribution in [2.24, 2.45) is 15.7 Å². The number of ether oxygens (including phenoxy) is 3. The molecule has 3 N–H and O–H groups in total. The minimum Gasteiger partial charge on any atom is -0.494 e. The first-order valence-electron chi connectivity index (χ1n) is 10.4. The maximum Gasteiger partial charge on any atom is 0.248 e. The molecule has 1 aliphatic heterocycles. The van der Waals surface area contributed by atoms with E-state index in [0.29, 0.717) is 30.3 Å². The average molecular weight is 473 g/mol. The zero-order valence-corrected chi connectivity index (χ0v) is 19.1. The summed E-state index contributed by atoms with van der Waals surface area (Å²) in [6, 6.07) is 7.43. The fourth-order valence-electron chi connectivity index (χ4n) is 3.94. The lowest BCUT2D eigenvalue weighted by Gasteiger charge is -2.44. The third kappa shape index (κ3) is 4.37. The zero-order valence-electron chi connectivity index (χ0n) is 18.4. The number of halogens is 1. The van der Waals surface area contributed by atoms with Crippen molar-refractivity contribution in [3.05, 3.63) is 41.9 Å². The number of primary amides is 1. The number of rotatable bonds is 7. The van der Waals surface area contributed by atoms with Gasteiger partial charge in [-0.1, -0.05) is 6.07 Å². The zero-order chi connectivity index (χ0) is 23.6. The number of nitrogens with zero attached hydrogens (tertiary/aromatic N) is 4. The molecule has 10 nitrogen and oxygen atoms in total. The predicted octanol–water partition coefficient (Wildman–Crippen LogP) is 3.06. The van der Waals surface area contributed by atoms with Crippen LogP contribution in [-0.4, -0.2) is 53.8 Å². The second-order valence-electron chi connectivity index (χ2n) is 7.63. The molecule has 174 valence electrons. The van der Waals surface area contributed by atoms with Crippen LogP contribution in [0, 0.1) is 0 Å². The molecule has 1 atom stereocenters. The molecule has 1 unspecified atom stereocenters. The van der Waals surface area contributed by atoms with Gasteiger partial charge < -0.3 is 25.3 Å². The third-order valence-electron chi connectivity index (χ3n) is 5.79. The van der Waals surface area contributed by atoms with E-state index in [1.807, 2.05) is 29.1 Å². The van der Waals surface area contributed by atoms with Gasteiger partial charge in [-0.3, -0.25) is 9.48 Å². The second kappa shape index (κ2) is 9.34. The Hall–Kier alpha value is -3.21. The first-order valence-corrected chi connectivity index (χ1v) is 10.8. The van der Waals surface area contributed by atoms with Gasteiger partial charge in [0.15, 0.2) is 11.5 Å². The number of carbonyl (C=O) groups is 1. The van der Waals surface area contributed by atoms with Crippen molar-refractivity contribution >= 4 is 35.2 Å². The van der Waals surface area contributed by atoms with Crippen LogP contribution in [0.25, 0.3) is 11.3 Å². The number of amides is 1. The quantitative estimate of drug-likeness (QED) is 0.276. The Kier molecular flexibility index (Phi) is 6.50. The SMILES string of the molecule is C=N/C(Cl)=N\C(Nc1cccc(-c2ccn(C3CCC34OCCO4)n2)c1OC)=C(/C)C(N)=O. The minimum atomic E-state index is -0.658. The number of nitrogens with two attached hydrogens (primary N) is 1. The lowest BCUT2D eigenvalue weighted by Crippen LogP contribution is -2.49. The van der Waals surface area contributed by atoms with Crippen LogP contribution in [0.5, 0.6) is 5.75 Å².